The molecule has 0 bridgehead atoms. The Bertz CT molecular complexity index is 1670. The highest BCUT2D eigenvalue weighted by Crippen LogP contribution is 2.47. The monoisotopic (exact) mass is 651 g/mol. The van der Waals surface area contributed by atoms with Crippen molar-refractivity contribution in [1.29, 1.82) is 0 Å². The van der Waals surface area contributed by atoms with Crippen LogP contribution in [0.1, 0.15) is 89.0 Å². The van der Waals surface area contributed by atoms with Crippen molar-refractivity contribution in [3.8, 4) is 0 Å². The van der Waals surface area contributed by atoms with Gasteiger partial charge in [0.2, 0.25) is 5.91 Å². The predicted octanol–water partition coefficient (Wildman–Crippen LogP) is 6.43. The van der Waals surface area contributed by atoms with Gasteiger partial charge in [0, 0.05) is 49.4 Å². The molecule has 2 aromatic carbocycles. The number of rotatable bonds is 14. The van der Waals surface area contributed by atoms with Crippen LogP contribution >= 0.6 is 0 Å². The zero-order chi connectivity index (χ0) is 34.3. The molecule has 1 fully saturated rings. The molecule has 2 N–H and O–H groups in total. The van der Waals surface area contributed by atoms with Gasteiger partial charge in [0.1, 0.15) is 0 Å². The molecule has 9 heteroatoms. The summed E-state index contributed by atoms with van der Waals surface area (Å²) in [5.74, 6) is -1.07. The van der Waals surface area contributed by atoms with Crippen molar-refractivity contribution in [2.45, 2.75) is 84.3 Å². The molecule has 2 aliphatic rings. The van der Waals surface area contributed by atoms with E-state index in [0.29, 0.717) is 49.4 Å². The zero-order valence-electron chi connectivity index (χ0n) is 28.7. The van der Waals surface area contributed by atoms with Crippen molar-refractivity contribution in [2.24, 2.45) is 5.92 Å². The summed E-state index contributed by atoms with van der Waals surface area (Å²) in [4.78, 5) is 30.4. The van der Waals surface area contributed by atoms with Crippen molar-refractivity contribution >= 4 is 23.2 Å². The van der Waals surface area contributed by atoms with Crippen molar-refractivity contribution < 1.29 is 19.8 Å². The Morgan fingerprint density at radius 3 is 2.56 bits per heavy atom. The Morgan fingerprint density at radius 1 is 1.04 bits per heavy atom. The standard InChI is InChI=1S/C39H49N5O4/c1-28(2)13-12-14-29(3)21-24-44-36-20-19-32(43-23-11-9-18-37(43)46)25-34(36)39(48,38(44)47)30(4)15-8-10-22-42-26-35(40-41-42)33(27-45)31-16-6-5-7-17-31/h5-8,13,15-17,19-21,25-26,30,33,45,48H,9-12,14,18,22-24,27H2,1-4H3/b15-8+,29-21+/t30-,33?,39+/m0/s1. The van der Waals surface area contributed by atoms with E-state index in [-0.39, 0.29) is 24.3 Å². The van der Waals surface area contributed by atoms with Gasteiger partial charge in [0.05, 0.1) is 23.9 Å². The van der Waals surface area contributed by atoms with Gasteiger partial charge in [0.25, 0.3) is 5.91 Å². The largest absolute Gasteiger partial charge is 0.395 e. The fraction of sp³-hybridized carbons (Fsp3) is 0.436. The third-order valence-electron chi connectivity index (χ3n) is 9.51. The number of carbonyl (C=O) groups is 2. The lowest BCUT2D eigenvalue weighted by atomic mass is 9.82. The van der Waals surface area contributed by atoms with Gasteiger partial charge in [-0.3, -0.25) is 14.3 Å². The molecule has 3 heterocycles. The molecule has 48 heavy (non-hydrogen) atoms. The molecule has 2 aliphatic heterocycles. The first kappa shape index (κ1) is 35.0. The number of benzene rings is 2. The minimum atomic E-state index is -1.78. The molecule has 3 atom stereocenters. The SMILES string of the molecule is CC(C)=CCC/C(C)=C/CN1C(=O)[C@@](O)([C@@H](C)/C=C/CCn2cc(C(CO)c3ccccc3)nn2)c2cc(N3CCCCC3=O)ccc21. The van der Waals surface area contributed by atoms with Gasteiger partial charge in [-0.05, 0) is 76.6 Å². The van der Waals surface area contributed by atoms with E-state index in [4.69, 9.17) is 0 Å². The molecule has 1 saturated heterocycles. The lowest BCUT2D eigenvalue weighted by Gasteiger charge is -2.30. The highest BCUT2D eigenvalue weighted by Gasteiger charge is 2.52. The van der Waals surface area contributed by atoms with Crippen molar-refractivity contribution in [2.75, 3.05) is 29.5 Å². The fourth-order valence-corrected chi connectivity index (χ4v) is 6.58. The van der Waals surface area contributed by atoms with Crippen molar-refractivity contribution in [3.05, 3.63) is 107 Å². The molecular formula is C39H49N5O4. The molecule has 1 unspecified atom stereocenters. The molecule has 254 valence electrons. The van der Waals surface area contributed by atoms with Crippen LogP contribution in [0.25, 0.3) is 0 Å². The molecule has 0 spiro atoms. The maximum absolute atomic E-state index is 14.1. The minimum Gasteiger partial charge on any atom is -0.395 e. The molecule has 2 amide bonds. The quantitative estimate of drug-likeness (QED) is 0.195. The van der Waals surface area contributed by atoms with Gasteiger partial charge in [-0.2, -0.15) is 0 Å². The van der Waals surface area contributed by atoms with Crippen molar-refractivity contribution in [3.63, 3.8) is 0 Å². The number of amides is 2. The third-order valence-corrected chi connectivity index (χ3v) is 9.51. The van der Waals surface area contributed by atoms with Crippen LogP contribution in [0.5, 0.6) is 0 Å². The van der Waals surface area contributed by atoms with E-state index in [0.717, 1.165) is 36.9 Å². The number of aryl methyl sites for hydroxylation is 1. The average Bonchev–Trinajstić information content (AvgIpc) is 3.63. The minimum absolute atomic E-state index is 0.0654. The van der Waals surface area contributed by atoms with E-state index in [1.165, 1.54) is 11.1 Å². The Morgan fingerprint density at radius 2 is 1.83 bits per heavy atom. The average molecular weight is 652 g/mol. The summed E-state index contributed by atoms with van der Waals surface area (Å²) < 4.78 is 1.75. The molecule has 3 aromatic rings. The second kappa shape index (κ2) is 15.7. The van der Waals surface area contributed by atoms with Crippen LogP contribution in [-0.4, -0.2) is 56.7 Å². The summed E-state index contributed by atoms with van der Waals surface area (Å²) in [7, 11) is 0. The summed E-state index contributed by atoms with van der Waals surface area (Å²) in [5.41, 5.74) is 4.30. The Balaban J connectivity index is 1.33. The summed E-state index contributed by atoms with van der Waals surface area (Å²) in [6, 6.07) is 15.4. The zero-order valence-corrected chi connectivity index (χ0v) is 28.7. The van der Waals surface area contributed by atoms with Gasteiger partial charge >= 0.3 is 0 Å². The van der Waals surface area contributed by atoms with E-state index in [1.807, 2.05) is 73.8 Å². The molecule has 0 aliphatic carbocycles. The number of aliphatic hydroxyl groups excluding tert-OH is 1. The number of fused-ring (bicyclic) bond motifs is 1. The van der Waals surface area contributed by atoms with Gasteiger partial charge in [-0.1, -0.05) is 77.9 Å². The summed E-state index contributed by atoms with van der Waals surface area (Å²) in [6.07, 6.45) is 14.8. The summed E-state index contributed by atoms with van der Waals surface area (Å²) in [6.45, 7) is 9.59. The van der Waals surface area contributed by atoms with Crippen LogP contribution in [0, 0.1) is 5.92 Å². The van der Waals surface area contributed by atoms with Gasteiger partial charge in [-0.25, -0.2) is 0 Å². The summed E-state index contributed by atoms with van der Waals surface area (Å²) >= 11 is 0. The molecule has 5 rings (SSSR count). The Labute approximate surface area is 284 Å². The topological polar surface area (TPSA) is 112 Å². The van der Waals surface area contributed by atoms with E-state index >= 15 is 0 Å². The van der Waals surface area contributed by atoms with Crippen LogP contribution in [0.2, 0.25) is 0 Å². The van der Waals surface area contributed by atoms with Crippen LogP contribution in [0.3, 0.4) is 0 Å². The number of aliphatic hydroxyl groups is 2. The third kappa shape index (κ3) is 7.69. The number of anilines is 2. The van der Waals surface area contributed by atoms with Crippen LogP contribution < -0.4 is 9.80 Å². The number of hydrogen-bond donors (Lipinski definition) is 2. The first-order valence-corrected chi connectivity index (χ1v) is 17.1. The first-order valence-electron chi connectivity index (χ1n) is 17.1. The highest BCUT2D eigenvalue weighted by atomic mass is 16.3. The second-order valence-electron chi connectivity index (χ2n) is 13.3. The molecule has 1 aromatic heterocycles. The van der Waals surface area contributed by atoms with Gasteiger partial charge < -0.3 is 20.0 Å². The molecular weight excluding hydrogens is 602 g/mol. The number of carbonyl (C=O) groups excluding carboxylic acids is 2. The van der Waals surface area contributed by atoms with Crippen LogP contribution in [-0.2, 0) is 21.7 Å². The van der Waals surface area contributed by atoms with Gasteiger partial charge in [0.15, 0.2) is 5.60 Å². The Kier molecular flexibility index (Phi) is 11.4. The molecule has 0 saturated carbocycles. The van der Waals surface area contributed by atoms with Gasteiger partial charge in [-0.15, -0.1) is 5.10 Å². The van der Waals surface area contributed by atoms with E-state index < -0.39 is 11.5 Å². The number of allylic oxidation sites excluding steroid dienone is 4. The molecule has 9 nitrogen and oxygen atoms in total. The van der Waals surface area contributed by atoms with E-state index in [1.54, 1.807) is 14.5 Å². The van der Waals surface area contributed by atoms with Crippen LogP contribution in [0.4, 0.5) is 11.4 Å². The lowest BCUT2D eigenvalue weighted by molar-refractivity contribution is -0.139. The number of piperidine rings is 1. The maximum Gasteiger partial charge on any atom is 0.264 e. The summed E-state index contributed by atoms with van der Waals surface area (Å²) in [5, 5.41) is 30.9. The fourth-order valence-electron chi connectivity index (χ4n) is 6.58. The second-order valence-corrected chi connectivity index (χ2v) is 13.3. The van der Waals surface area contributed by atoms with E-state index in [9.17, 15) is 19.8 Å². The Hall–Kier alpha value is -4.34. The maximum atomic E-state index is 14.1. The predicted molar refractivity (Wildman–Crippen MR) is 190 cm³/mol. The normalized spacial score (nSPS) is 19.6. The van der Waals surface area contributed by atoms with Crippen LogP contribution in [0.15, 0.2) is 90.2 Å². The first-order chi connectivity index (χ1) is 23.1. The smallest absolute Gasteiger partial charge is 0.264 e. The van der Waals surface area contributed by atoms with E-state index in [2.05, 4.69) is 43.2 Å². The molecule has 0 radical (unpaired) electrons. The van der Waals surface area contributed by atoms with Crippen molar-refractivity contribution in [1.82, 2.24) is 15.0 Å². The lowest BCUT2D eigenvalue weighted by Crippen LogP contribution is -2.44. The highest BCUT2D eigenvalue weighted by molar-refractivity contribution is 6.08. The number of nitrogens with zero attached hydrogens (tertiary/aromatic N) is 5. The number of aromatic nitrogens is 3. The number of hydrogen-bond acceptors (Lipinski definition) is 6.